The first-order valence-corrected chi connectivity index (χ1v) is 19.8. The molecule has 2 saturated carbocycles. The lowest BCUT2D eigenvalue weighted by Crippen LogP contribution is -2.57. The quantitative estimate of drug-likeness (QED) is 0.366. The topological polar surface area (TPSA) is 94.2 Å². The standard InChI is InChI=1S/C39H69N5O4/c1-8-44(32-13-15-43(16-14-32)38(47)39(5,6)7)35-23-31(30-11-9-29(10-12-30)25-42-17-19-48-20-18-42)22-33(28(35)4)36(45)40-24-34-26(2)21-27(3)41-37(34)46/h26-35H,8-25H2,1-7H3,(H,40,45)(H,41,46). The van der Waals surface area contributed by atoms with Crippen LogP contribution in [0, 0.1) is 46.8 Å². The van der Waals surface area contributed by atoms with Crippen LogP contribution in [0.15, 0.2) is 0 Å². The number of nitrogens with one attached hydrogen (secondary N) is 2. The fraction of sp³-hybridized carbons (Fsp3) is 0.923. The van der Waals surface area contributed by atoms with Crippen LogP contribution >= 0.6 is 0 Å². The number of hydrogen-bond acceptors (Lipinski definition) is 6. The van der Waals surface area contributed by atoms with E-state index in [4.69, 9.17) is 4.74 Å². The molecule has 3 heterocycles. The Balaban J connectivity index is 1.26. The van der Waals surface area contributed by atoms with E-state index in [2.05, 4.69) is 53.0 Å². The van der Waals surface area contributed by atoms with E-state index >= 15 is 0 Å². The van der Waals surface area contributed by atoms with Gasteiger partial charge in [-0.25, -0.2) is 0 Å². The SMILES string of the molecule is CCN(C1CCN(C(=O)C(C)(C)C)CC1)C1CC(C2CCC(CN3CCOCC3)CC2)CC(C(=O)NCC2C(=O)NC(C)CC2C)C1C. The van der Waals surface area contributed by atoms with Crippen LogP contribution in [0.25, 0.3) is 0 Å². The summed E-state index contributed by atoms with van der Waals surface area (Å²) in [6.07, 6.45) is 10.2. The van der Waals surface area contributed by atoms with Crippen molar-refractivity contribution in [3.8, 4) is 0 Å². The Morgan fingerprint density at radius 1 is 0.917 bits per heavy atom. The molecule has 9 nitrogen and oxygen atoms in total. The normalized spacial score (nSPS) is 36.1. The Kier molecular flexibility index (Phi) is 12.9. The molecule has 5 rings (SSSR count). The zero-order chi connectivity index (χ0) is 34.6. The Morgan fingerprint density at radius 2 is 1.58 bits per heavy atom. The van der Waals surface area contributed by atoms with E-state index in [0.29, 0.717) is 30.5 Å². The molecule has 7 unspecified atom stereocenters. The minimum Gasteiger partial charge on any atom is -0.379 e. The van der Waals surface area contributed by atoms with Gasteiger partial charge in [-0.2, -0.15) is 0 Å². The van der Waals surface area contributed by atoms with Gasteiger partial charge in [0, 0.05) is 68.7 Å². The summed E-state index contributed by atoms with van der Waals surface area (Å²) in [6.45, 7) is 23.0. The Hall–Kier alpha value is -1.71. The molecule has 0 bridgehead atoms. The molecular formula is C39H69N5O4. The Labute approximate surface area is 292 Å². The fourth-order valence-corrected chi connectivity index (χ4v) is 10.3. The summed E-state index contributed by atoms with van der Waals surface area (Å²) in [5, 5.41) is 6.42. The van der Waals surface area contributed by atoms with Gasteiger partial charge in [0.2, 0.25) is 17.7 Å². The second-order valence-corrected chi connectivity index (χ2v) is 17.5. The van der Waals surface area contributed by atoms with Gasteiger partial charge in [0.15, 0.2) is 0 Å². The van der Waals surface area contributed by atoms with Gasteiger partial charge in [-0.3, -0.25) is 24.2 Å². The van der Waals surface area contributed by atoms with Crippen LogP contribution in [0.3, 0.4) is 0 Å². The number of nitrogens with zero attached hydrogens (tertiary/aromatic N) is 3. The molecule has 5 fully saturated rings. The van der Waals surface area contributed by atoms with Gasteiger partial charge in [-0.05, 0) is 101 Å². The lowest BCUT2D eigenvalue weighted by atomic mass is 9.63. The van der Waals surface area contributed by atoms with Crippen molar-refractivity contribution in [2.75, 3.05) is 59.0 Å². The zero-order valence-corrected chi connectivity index (χ0v) is 31.5. The summed E-state index contributed by atoms with van der Waals surface area (Å²) in [5.74, 6) is 2.77. The van der Waals surface area contributed by atoms with E-state index < -0.39 is 0 Å². The average molecular weight is 672 g/mol. The number of rotatable bonds is 9. The first-order valence-electron chi connectivity index (χ1n) is 19.8. The minimum absolute atomic E-state index is 0.0442. The highest BCUT2D eigenvalue weighted by molar-refractivity contribution is 5.83. The molecule has 7 atom stereocenters. The largest absolute Gasteiger partial charge is 0.379 e. The van der Waals surface area contributed by atoms with Crippen molar-refractivity contribution in [2.45, 2.75) is 124 Å². The molecule has 9 heteroatoms. The highest BCUT2D eigenvalue weighted by Crippen LogP contribution is 2.46. The number of likely N-dealkylation sites (tertiary alicyclic amines) is 1. The van der Waals surface area contributed by atoms with Crippen LogP contribution in [-0.2, 0) is 19.1 Å². The average Bonchev–Trinajstić information content (AvgIpc) is 3.05. The predicted octanol–water partition coefficient (Wildman–Crippen LogP) is 4.79. The van der Waals surface area contributed by atoms with Crippen LogP contribution in [0.5, 0.6) is 0 Å². The summed E-state index contributed by atoms with van der Waals surface area (Å²) in [5.41, 5.74) is -0.349. The molecule has 0 aromatic rings. The maximum absolute atomic E-state index is 14.2. The lowest BCUT2D eigenvalue weighted by Gasteiger charge is -2.51. The third kappa shape index (κ3) is 9.14. The van der Waals surface area contributed by atoms with Crippen LogP contribution in [-0.4, -0.2) is 110 Å². The predicted molar refractivity (Wildman–Crippen MR) is 191 cm³/mol. The molecule has 0 aromatic heterocycles. The van der Waals surface area contributed by atoms with Crippen molar-refractivity contribution in [1.82, 2.24) is 25.3 Å². The van der Waals surface area contributed by atoms with Crippen LogP contribution in [0.2, 0.25) is 0 Å². The third-order valence-electron chi connectivity index (χ3n) is 13.1. The number of ether oxygens (including phenoxy) is 1. The summed E-state index contributed by atoms with van der Waals surface area (Å²) in [6, 6.07) is 0.983. The van der Waals surface area contributed by atoms with Gasteiger partial charge in [0.05, 0.1) is 19.1 Å². The van der Waals surface area contributed by atoms with Gasteiger partial charge in [-0.1, -0.05) is 41.5 Å². The first kappa shape index (κ1) is 37.5. The molecule has 3 aliphatic heterocycles. The summed E-state index contributed by atoms with van der Waals surface area (Å²) in [4.78, 5) is 47.5. The van der Waals surface area contributed by atoms with Gasteiger partial charge in [0.1, 0.15) is 0 Å². The van der Waals surface area contributed by atoms with E-state index in [1.54, 1.807) is 0 Å². The van der Waals surface area contributed by atoms with Crippen molar-refractivity contribution in [3.63, 3.8) is 0 Å². The van der Waals surface area contributed by atoms with Crippen molar-refractivity contribution >= 4 is 17.7 Å². The molecule has 5 aliphatic rings. The molecule has 0 spiro atoms. The van der Waals surface area contributed by atoms with Gasteiger partial charge >= 0.3 is 0 Å². The molecular weight excluding hydrogens is 602 g/mol. The van der Waals surface area contributed by atoms with Crippen molar-refractivity contribution in [3.05, 3.63) is 0 Å². The highest BCUT2D eigenvalue weighted by Gasteiger charge is 2.46. The Morgan fingerprint density at radius 3 is 2.19 bits per heavy atom. The molecule has 2 N–H and O–H groups in total. The van der Waals surface area contributed by atoms with Crippen LogP contribution in [0.1, 0.15) is 106 Å². The molecule has 2 aliphatic carbocycles. The summed E-state index contributed by atoms with van der Waals surface area (Å²) >= 11 is 0. The van der Waals surface area contributed by atoms with Gasteiger partial charge in [0.25, 0.3) is 0 Å². The monoisotopic (exact) mass is 672 g/mol. The minimum atomic E-state index is -0.349. The second-order valence-electron chi connectivity index (χ2n) is 17.5. The summed E-state index contributed by atoms with van der Waals surface area (Å²) < 4.78 is 5.59. The molecule has 3 saturated heterocycles. The van der Waals surface area contributed by atoms with Gasteiger partial charge < -0.3 is 20.3 Å². The smallest absolute Gasteiger partial charge is 0.227 e. The number of piperidine rings is 2. The van der Waals surface area contributed by atoms with Gasteiger partial charge in [-0.15, -0.1) is 0 Å². The number of amides is 3. The fourth-order valence-electron chi connectivity index (χ4n) is 10.3. The van der Waals surface area contributed by atoms with Crippen LogP contribution < -0.4 is 10.6 Å². The molecule has 48 heavy (non-hydrogen) atoms. The number of hydrogen-bond donors (Lipinski definition) is 2. The number of morpholine rings is 1. The van der Waals surface area contributed by atoms with E-state index in [9.17, 15) is 14.4 Å². The molecule has 0 radical (unpaired) electrons. The van der Waals surface area contributed by atoms with E-state index in [0.717, 1.165) is 77.5 Å². The lowest BCUT2D eigenvalue weighted by molar-refractivity contribution is -0.142. The van der Waals surface area contributed by atoms with Crippen LogP contribution in [0.4, 0.5) is 0 Å². The van der Waals surface area contributed by atoms with E-state index in [1.165, 1.54) is 38.6 Å². The van der Waals surface area contributed by atoms with Crippen molar-refractivity contribution in [1.29, 1.82) is 0 Å². The zero-order valence-electron chi connectivity index (χ0n) is 31.5. The maximum atomic E-state index is 14.2. The molecule has 3 amide bonds. The number of carbonyl (C=O) groups excluding carboxylic acids is 3. The van der Waals surface area contributed by atoms with Crippen molar-refractivity contribution in [2.24, 2.45) is 46.8 Å². The number of carbonyl (C=O) groups is 3. The summed E-state index contributed by atoms with van der Waals surface area (Å²) in [7, 11) is 0. The molecule has 0 aromatic carbocycles. The second kappa shape index (κ2) is 16.5. The highest BCUT2D eigenvalue weighted by atomic mass is 16.5. The van der Waals surface area contributed by atoms with E-state index in [-0.39, 0.29) is 52.8 Å². The first-order chi connectivity index (χ1) is 22.8. The third-order valence-corrected chi connectivity index (χ3v) is 13.1. The Bertz CT molecular complexity index is 1070. The maximum Gasteiger partial charge on any atom is 0.227 e. The molecule has 274 valence electrons. The van der Waals surface area contributed by atoms with Crippen molar-refractivity contribution < 1.29 is 19.1 Å². The van der Waals surface area contributed by atoms with E-state index in [1.807, 2.05) is 20.8 Å².